The SMILES string of the molecule is CC(O)(c1ccc2ncc(-c3ccc(F)c(N[C@H]4CNCC[C@@H]4F)n3)n2c1)C(F)(F)F. The van der Waals surface area contributed by atoms with Crippen molar-refractivity contribution in [2.45, 2.75) is 37.3 Å². The minimum absolute atomic E-state index is 0.165. The fraction of sp³-hybridized carbons (Fsp3) is 0.400. The quantitative estimate of drug-likeness (QED) is 0.541. The lowest BCUT2D eigenvalue weighted by Crippen LogP contribution is -2.46. The molecule has 1 unspecified atom stereocenters. The minimum atomic E-state index is -4.89. The molecule has 0 radical (unpaired) electrons. The van der Waals surface area contributed by atoms with Gasteiger partial charge in [-0.25, -0.2) is 18.7 Å². The monoisotopic (exact) mass is 441 g/mol. The number of hydrogen-bond donors (Lipinski definition) is 3. The standard InChI is InChI=1S/C20H20F5N5O/c1-19(31,20(23,24)25)11-2-5-17-27-9-16(30(17)10-11)14-4-3-13(22)18(28-14)29-15-8-26-7-6-12(15)21/h2-5,9-10,12,15,26,31H,6-8H2,1H3,(H,28,29)/t12-,15-,19?/m0/s1. The number of aromatic nitrogens is 3. The molecule has 4 heterocycles. The Balaban J connectivity index is 1.72. The number of fused-ring (bicyclic) bond motifs is 1. The number of nitrogens with zero attached hydrogens (tertiary/aromatic N) is 3. The number of rotatable bonds is 4. The first kappa shape index (κ1) is 21.4. The van der Waals surface area contributed by atoms with Crippen LogP contribution in [0.4, 0.5) is 27.8 Å². The van der Waals surface area contributed by atoms with Crippen molar-refractivity contribution in [3.63, 3.8) is 0 Å². The first-order valence-electron chi connectivity index (χ1n) is 9.63. The molecule has 0 saturated carbocycles. The Hall–Kier alpha value is -2.79. The summed E-state index contributed by atoms with van der Waals surface area (Å²) in [6.45, 7) is 1.49. The highest BCUT2D eigenvalue weighted by atomic mass is 19.4. The van der Waals surface area contributed by atoms with Crippen molar-refractivity contribution in [2.75, 3.05) is 18.4 Å². The van der Waals surface area contributed by atoms with Gasteiger partial charge in [-0.3, -0.25) is 4.40 Å². The van der Waals surface area contributed by atoms with E-state index in [4.69, 9.17) is 0 Å². The highest BCUT2D eigenvalue weighted by Gasteiger charge is 2.51. The zero-order valence-electron chi connectivity index (χ0n) is 16.4. The molecule has 11 heteroatoms. The van der Waals surface area contributed by atoms with E-state index >= 15 is 0 Å². The van der Waals surface area contributed by atoms with E-state index in [-0.39, 0.29) is 29.2 Å². The van der Waals surface area contributed by atoms with Gasteiger partial charge in [0.1, 0.15) is 11.8 Å². The molecule has 0 spiro atoms. The average Bonchev–Trinajstić information content (AvgIpc) is 3.13. The Labute approximate surface area is 174 Å². The number of anilines is 1. The predicted octanol–water partition coefficient (Wildman–Crippen LogP) is 3.42. The van der Waals surface area contributed by atoms with Crippen molar-refractivity contribution >= 4 is 11.5 Å². The van der Waals surface area contributed by atoms with Gasteiger partial charge in [-0.1, -0.05) is 6.07 Å². The molecule has 3 N–H and O–H groups in total. The number of pyridine rings is 2. The summed E-state index contributed by atoms with van der Waals surface area (Å²) >= 11 is 0. The fourth-order valence-corrected chi connectivity index (χ4v) is 3.45. The molecule has 1 saturated heterocycles. The van der Waals surface area contributed by atoms with Crippen LogP contribution in [0.3, 0.4) is 0 Å². The van der Waals surface area contributed by atoms with Crippen LogP contribution < -0.4 is 10.6 Å². The Morgan fingerprint density at radius 2 is 2.00 bits per heavy atom. The summed E-state index contributed by atoms with van der Waals surface area (Å²) in [6, 6.07) is 4.31. The third kappa shape index (κ3) is 3.94. The van der Waals surface area contributed by atoms with Gasteiger partial charge in [0.15, 0.2) is 17.2 Å². The molecule has 0 aromatic carbocycles. The molecule has 1 fully saturated rings. The molecule has 3 aromatic rings. The highest BCUT2D eigenvalue weighted by molar-refractivity contribution is 5.62. The molecule has 1 aliphatic rings. The van der Waals surface area contributed by atoms with Gasteiger partial charge in [0, 0.05) is 18.3 Å². The molecule has 0 bridgehead atoms. The molecule has 6 nitrogen and oxygen atoms in total. The molecule has 166 valence electrons. The minimum Gasteiger partial charge on any atom is -0.376 e. The number of hydrogen-bond acceptors (Lipinski definition) is 5. The van der Waals surface area contributed by atoms with Crippen LogP contribution in [0.5, 0.6) is 0 Å². The van der Waals surface area contributed by atoms with Gasteiger partial charge in [-0.15, -0.1) is 0 Å². The number of halogens is 5. The average molecular weight is 441 g/mol. The molecule has 31 heavy (non-hydrogen) atoms. The summed E-state index contributed by atoms with van der Waals surface area (Å²) in [5, 5.41) is 15.8. The fourth-order valence-electron chi connectivity index (χ4n) is 3.45. The maximum Gasteiger partial charge on any atom is 0.421 e. The molecular formula is C20H20F5N5O. The van der Waals surface area contributed by atoms with E-state index < -0.39 is 29.8 Å². The van der Waals surface area contributed by atoms with E-state index in [1.165, 1.54) is 22.7 Å². The van der Waals surface area contributed by atoms with Gasteiger partial charge < -0.3 is 15.7 Å². The van der Waals surface area contributed by atoms with Crippen molar-refractivity contribution in [1.29, 1.82) is 0 Å². The summed E-state index contributed by atoms with van der Waals surface area (Å²) < 4.78 is 69.5. The van der Waals surface area contributed by atoms with Gasteiger partial charge in [-0.2, -0.15) is 13.2 Å². The van der Waals surface area contributed by atoms with E-state index in [0.29, 0.717) is 25.7 Å². The Kier molecular flexibility index (Phi) is 5.34. The summed E-state index contributed by atoms with van der Waals surface area (Å²) in [4.78, 5) is 8.34. The van der Waals surface area contributed by atoms with Crippen LogP contribution in [0.15, 0.2) is 36.7 Å². The number of alkyl halides is 4. The maximum absolute atomic E-state index is 14.3. The van der Waals surface area contributed by atoms with Gasteiger partial charge >= 0.3 is 6.18 Å². The predicted molar refractivity (Wildman–Crippen MR) is 104 cm³/mol. The van der Waals surface area contributed by atoms with Crippen molar-refractivity contribution in [3.8, 4) is 11.4 Å². The molecule has 3 atom stereocenters. The lowest BCUT2D eigenvalue weighted by atomic mass is 9.97. The lowest BCUT2D eigenvalue weighted by Gasteiger charge is -2.28. The Morgan fingerprint density at radius 1 is 1.23 bits per heavy atom. The van der Waals surface area contributed by atoms with E-state index in [9.17, 15) is 27.1 Å². The first-order chi connectivity index (χ1) is 14.6. The number of piperidine rings is 1. The zero-order chi connectivity index (χ0) is 22.4. The van der Waals surface area contributed by atoms with E-state index in [0.717, 1.165) is 18.3 Å². The van der Waals surface area contributed by atoms with E-state index in [1.807, 2.05) is 0 Å². The second kappa shape index (κ2) is 7.72. The van der Waals surface area contributed by atoms with E-state index in [2.05, 4.69) is 20.6 Å². The van der Waals surface area contributed by atoms with Crippen molar-refractivity contribution in [1.82, 2.24) is 19.7 Å². The van der Waals surface area contributed by atoms with Crippen LogP contribution in [0.1, 0.15) is 18.9 Å². The summed E-state index contributed by atoms with van der Waals surface area (Å²) in [5.41, 5.74) is -2.63. The first-order valence-corrected chi connectivity index (χ1v) is 9.63. The number of imidazole rings is 1. The Bertz CT molecular complexity index is 1100. The van der Waals surface area contributed by atoms with Crippen molar-refractivity contribution < 1.29 is 27.1 Å². The highest BCUT2D eigenvalue weighted by Crippen LogP contribution is 2.38. The van der Waals surface area contributed by atoms with Gasteiger partial charge in [0.05, 0.1) is 23.6 Å². The molecule has 1 aliphatic heterocycles. The summed E-state index contributed by atoms with van der Waals surface area (Å²) in [7, 11) is 0. The maximum atomic E-state index is 14.3. The third-order valence-corrected chi connectivity index (χ3v) is 5.45. The summed E-state index contributed by atoms with van der Waals surface area (Å²) in [6.07, 6.45) is -3.27. The van der Waals surface area contributed by atoms with E-state index in [1.54, 1.807) is 0 Å². The smallest absolute Gasteiger partial charge is 0.376 e. The van der Waals surface area contributed by atoms with Crippen molar-refractivity contribution in [3.05, 3.63) is 48.0 Å². The number of nitrogens with one attached hydrogen (secondary N) is 2. The molecular weight excluding hydrogens is 421 g/mol. The molecule has 4 rings (SSSR count). The molecule has 0 amide bonds. The second-order valence-electron chi connectivity index (χ2n) is 7.65. The normalized spacial score (nSPS) is 21.8. The Morgan fingerprint density at radius 3 is 2.71 bits per heavy atom. The van der Waals surface area contributed by atoms with Crippen LogP contribution in [-0.4, -0.2) is 51.0 Å². The van der Waals surface area contributed by atoms with Gasteiger partial charge in [-0.05, 0) is 38.1 Å². The van der Waals surface area contributed by atoms with Gasteiger partial charge in [0.2, 0.25) is 0 Å². The van der Waals surface area contributed by atoms with Crippen LogP contribution >= 0.6 is 0 Å². The largest absolute Gasteiger partial charge is 0.421 e. The summed E-state index contributed by atoms with van der Waals surface area (Å²) in [5.74, 6) is -0.849. The molecule has 0 aliphatic carbocycles. The lowest BCUT2D eigenvalue weighted by molar-refractivity contribution is -0.259. The van der Waals surface area contributed by atoms with Crippen LogP contribution in [0.2, 0.25) is 0 Å². The number of aliphatic hydroxyl groups is 1. The van der Waals surface area contributed by atoms with Crippen LogP contribution in [-0.2, 0) is 5.60 Å². The molecule has 3 aromatic heterocycles. The van der Waals surface area contributed by atoms with Crippen LogP contribution in [0, 0.1) is 5.82 Å². The zero-order valence-corrected chi connectivity index (χ0v) is 16.4. The second-order valence-corrected chi connectivity index (χ2v) is 7.65. The topological polar surface area (TPSA) is 74.5 Å². The van der Waals surface area contributed by atoms with Crippen LogP contribution in [0.25, 0.3) is 17.0 Å². The van der Waals surface area contributed by atoms with Gasteiger partial charge in [0.25, 0.3) is 0 Å². The third-order valence-electron chi connectivity index (χ3n) is 5.45. The van der Waals surface area contributed by atoms with Crippen molar-refractivity contribution in [2.24, 2.45) is 0 Å².